The Balaban J connectivity index is 2.00. The Morgan fingerprint density at radius 1 is 1.38 bits per heavy atom. The van der Waals surface area contributed by atoms with Crippen molar-refractivity contribution in [1.82, 2.24) is 0 Å². The third-order valence-electron chi connectivity index (χ3n) is 3.89. The normalized spacial score (nSPS) is 21.6. The highest BCUT2D eigenvalue weighted by Gasteiger charge is 2.31. The summed E-state index contributed by atoms with van der Waals surface area (Å²) >= 11 is 0. The van der Waals surface area contributed by atoms with Gasteiger partial charge >= 0.3 is 0 Å². The lowest BCUT2D eigenvalue weighted by molar-refractivity contribution is -0.120. The summed E-state index contributed by atoms with van der Waals surface area (Å²) in [6, 6.07) is 8.16. The van der Waals surface area contributed by atoms with E-state index in [1.807, 2.05) is 24.3 Å². The number of hydrogen-bond donors (Lipinski definition) is 2. The molecule has 1 amide bonds. The average Bonchev–Trinajstić information content (AvgIpc) is 2.87. The van der Waals surface area contributed by atoms with E-state index in [1.165, 1.54) is 0 Å². The van der Waals surface area contributed by atoms with E-state index in [0.29, 0.717) is 19.3 Å². The second kappa shape index (κ2) is 6.91. The highest BCUT2D eigenvalue weighted by Crippen LogP contribution is 2.21. The van der Waals surface area contributed by atoms with Crippen LogP contribution in [0.15, 0.2) is 24.3 Å². The van der Waals surface area contributed by atoms with Crippen LogP contribution in [0.2, 0.25) is 0 Å². The molecular formula is C16H25N3O2. The first-order valence-electron chi connectivity index (χ1n) is 7.53. The first-order chi connectivity index (χ1) is 10.0. The molecule has 3 N–H and O–H groups in total. The number of hydrogen-bond acceptors (Lipinski definition) is 4. The van der Waals surface area contributed by atoms with Crippen LogP contribution >= 0.6 is 0 Å². The van der Waals surface area contributed by atoms with Crippen LogP contribution in [-0.4, -0.2) is 37.7 Å². The first kappa shape index (κ1) is 15.8. The van der Waals surface area contributed by atoms with E-state index in [9.17, 15) is 4.79 Å². The molecule has 116 valence electrons. The van der Waals surface area contributed by atoms with Crippen LogP contribution in [0, 0.1) is 5.92 Å². The summed E-state index contributed by atoms with van der Waals surface area (Å²) < 4.78 is 5.23. The Hall–Kier alpha value is -1.59. The van der Waals surface area contributed by atoms with E-state index in [4.69, 9.17) is 10.5 Å². The van der Waals surface area contributed by atoms with Crippen LogP contribution in [0.5, 0.6) is 0 Å². The van der Waals surface area contributed by atoms with Gasteiger partial charge in [-0.25, -0.2) is 0 Å². The Labute approximate surface area is 126 Å². The minimum atomic E-state index is -0.257. The molecule has 5 nitrogen and oxygen atoms in total. The largest absolute Gasteiger partial charge is 0.379 e. The van der Waals surface area contributed by atoms with Crippen molar-refractivity contribution in [3.63, 3.8) is 0 Å². The van der Waals surface area contributed by atoms with Crippen LogP contribution < -0.4 is 16.0 Å². The SMILES string of the molecule is CCN(c1ccc(NC(=O)C2COCC2N)cc1)C(C)C. The van der Waals surface area contributed by atoms with E-state index in [-0.39, 0.29) is 17.9 Å². The highest BCUT2D eigenvalue weighted by molar-refractivity contribution is 5.93. The van der Waals surface area contributed by atoms with Crippen molar-refractivity contribution in [1.29, 1.82) is 0 Å². The Kier molecular flexibility index (Phi) is 5.20. The number of anilines is 2. The molecule has 1 aliphatic heterocycles. The predicted molar refractivity (Wildman–Crippen MR) is 85.5 cm³/mol. The number of ether oxygens (including phenoxy) is 1. The van der Waals surface area contributed by atoms with E-state index in [0.717, 1.165) is 17.9 Å². The Morgan fingerprint density at radius 3 is 2.52 bits per heavy atom. The number of carbonyl (C=O) groups excluding carboxylic acids is 1. The van der Waals surface area contributed by atoms with Gasteiger partial charge in [-0.15, -0.1) is 0 Å². The summed E-state index contributed by atoms with van der Waals surface area (Å²) in [6.45, 7) is 8.29. The highest BCUT2D eigenvalue weighted by atomic mass is 16.5. The quantitative estimate of drug-likeness (QED) is 0.868. The van der Waals surface area contributed by atoms with E-state index >= 15 is 0 Å². The van der Waals surface area contributed by atoms with Crippen molar-refractivity contribution >= 4 is 17.3 Å². The van der Waals surface area contributed by atoms with Gasteiger partial charge in [-0.2, -0.15) is 0 Å². The van der Waals surface area contributed by atoms with E-state index < -0.39 is 0 Å². The van der Waals surface area contributed by atoms with Gasteiger partial charge in [0, 0.05) is 30.0 Å². The fourth-order valence-electron chi connectivity index (χ4n) is 2.66. The van der Waals surface area contributed by atoms with Crippen LogP contribution in [0.25, 0.3) is 0 Å². The zero-order valence-electron chi connectivity index (χ0n) is 13.0. The van der Waals surface area contributed by atoms with Gasteiger partial charge in [0.2, 0.25) is 5.91 Å². The fraction of sp³-hybridized carbons (Fsp3) is 0.562. The molecule has 5 heteroatoms. The lowest BCUT2D eigenvalue weighted by Crippen LogP contribution is -2.37. The first-order valence-corrected chi connectivity index (χ1v) is 7.53. The summed E-state index contributed by atoms with van der Waals surface area (Å²) in [5, 5.41) is 2.91. The topological polar surface area (TPSA) is 67.6 Å². The second-order valence-electron chi connectivity index (χ2n) is 5.72. The van der Waals surface area contributed by atoms with Gasteiger partial charge in [0.15, 0.2) is 0 Å². The van der Waals surface area contributed by atoms with Crippen molar-refractivity contribution in [2.45, 2.75) is 32.9 Å². The van der Waals surface area contributed by atoms with Gasteiger partial charge in [-0.1, -0.05) is 0 Å². The summed E-state index contributed by atoms with van der Waals surface area (Å²) in [6.07, 6.45) is 0. The van der Waals surface area contributed by atoms with Crippen LogP contribution in [0.3, 0.4) is 0 Å². The molecule has 0 aliphatic carbocycles. The maximum absolute atomic E-state index is 12.1. The van der Waals surface area contributed by atoms with Gasteiger partial charge < -0.3 is 20.7 Å². The molecule has 1 aromatic rings. The van der Waals surface area contributed by atoms with Gasteiger partial charge in [-0.05, 0) is 45.0 Å². The molecule has 1 aromatic carbocycles. The summed E-state index contributed by atoms with van der Waals surface area (Å²) in [7, 11) is 0. The molecule has 1 heterocycles. The number of carbonyl (C=O) groups is 1. The maximum atomic E-state index is 12.1. The third kappa shape index (κ3) is 3.74. The molecule has 2 atom stereocenters. The number of nitrogens with one attached hydrogen (secondary N) is 1. The zero-order chi connectivity index (χ0) is 15.4. The molecule has 0 radical (unpaired) electrons. The maximum Gasteiger partial charge on any atom is 0.231 e. The van der Waals surface area contributed by atoms with Gasteiger partial charge in [0.1, 0.15) is 0 Å². The smallest absolute Gasteiger partial charge is 0.231 e. The second-order valence-corrected chi connectivity index (χ2v) is 5.72. The number of nitrogens with two attached hydrogens (primary N) is 1. The molecule has 0 bridgehead atoms. The summed E-state index contributed by atoms with van der Waals surface area (Å²) in [5.74, 6) is -0.323. The predicted octanol–water partition coefficient (Wildman–Crippen LogP) is 1.83. The molecule has 1 saturated heterocycles. The minimum absolute atomic E-state index is 0.0658. The third-order valence-corrected chi connectivity index (χ3v) is 3.89. The number of amides is 1. The monoisotopic (exact) mass is 291 g/mol. The van der Waals surface area contributed by atoms with Crippen LogP contribution in [0.4, 0.5) is 11.4 Å². The van der Waals surface area contributed by atoms with Crippen LogP contribution in [0.1, 0.15) is 20.8 Å². The number of rotatable bonds is 5. The number of benzene rings is 1. The molecule has 2 unspecified atom stereocenters. The van der Waals surface area contributed by atoms with E-state index in [2.05, 4.69) is 31.0 Å². The molecular weight excluding hydrogens is 266 g/mol. The fourth-order valence-corrected chi connectivity index (χ4v) is 2.66. The van der Waals surface area contributed by atoms with Crippen molar-refractivity contribution in [3.8, 4) is 0 Å². The van der Waals surface area contributed by atoms with Gasteiger partial charge in [0.25, 0.3) is 0 Å². The molecule has 1 aliphatic rings. The molecule has 21 heavy (non-hydrogen) atoms. The van der Waals surface area contributed by atoms with Gasteiger partial charge in [0.05, 0.1) is 19.1 Å². The van der Waals surface area contributed by atoms with Gasteiger partial charge in [-0.3, -0.25) is 4.79 Å². The molecule has 1 fully saturated rings. The van der Waals surface area contributed by atoms with Crippen molar-refractivity contribution < 1.29 is 9.53 Å². The average molecular weight is 291 g/mol. The lowest BCUT2D eigenvalue weighted by atomic mass is 10.0. The zero-order valence-corrected chi connectivity index (χ0v) is 13.0. The Morgan fingerprint density at radius 2 is 2.05 bits per heavy atom. The van der Waals surface area contributed by atoms with E-state index in [1.54, 1.807) is 0 Å². The molecule has 0 saturated carbocycles. The van der Waals surface area contributed by atoms with Crippen molar-refractivity contribution in [3.05, 3.63) is 24.3 Å². The lowest BCUT2D eigenvalue weighted by Gasteiger charge is -2.27. The minimum Gasteiger partial charge on any atom is -0.379 e. The molecule has 0 aromatic heterocycles. The Bertz CT molecular complexity index is 473. The van der Waals surface area contributed by atoms with Crippen LogP contribution in [-0.2, 0) is 9.53 Å². The van der Waals surface area contributed by atoms with Crippen molar-refractivity contribution in [2.75, 3.05) is 30.0 Å². The molecule has 2 rings (SSSR count). The molecule has 0 spiro atoms. The van der Waals surface area contributed by atoms with Crippen molar-refractivity contribution in [2.24, 2.45) is 11.7 Å². The standard InChI is InChI=1S/C16H25N3O2/c1-4-19(11(2)3)13-7-5-12(6-8-13)18-16(20)14-9-21-10-15(14)17/h5-8,11,14-15H,4,9-10,17H2,1-3H3,(H,18,20). The summed E-state index contributed by atoms with van der Waals surface area (Å²) in [5.41, 5.74) is 7.81. The number of nitrogens with zero attached hydrogens (tertiary/aromatic N) is 1. The summed E-state index contributed by atoms with van der Waals surface area (Å²) in [4.78, 5) is 14.4.